The molecule has 6 nitrogen and oxygen atoms in total. The Morgan fingerprint density at radius 3 is 2.65 bits per heavy atom. The Balaban J connectivity index is 1.53. The van der Waals surface area contributed by atoms with Crippen molar-refractivity contribution in [1.29, 1.82) is 0 Å². The van der Waals surface area contributed by atoms with Gasteiger partial charge in [-0.25, -0.2) is 4.79 Å². The Morgan fingerprint density at radius 2 is 2.04 bits per heavy atom. The fraction of sp³-hybridized carbons (Fsp3) is 0.412. The van der Waals surface area contributed by atoms with Gasteiger partial charge in [0.1, 0.15) is 5.76 Å². The van der Waals surface area contributed by atoms with E-state index in [1.165, 1.54) is 0 Å². The number of aryl methyl sites for hydroxylation is 1. The molecule has 0 spiro atoms. The molecule has 2 amide bonds. The van der Waals surface area contributed by atoms with Crippen LogP contribution in [0.15, 0.2) is 40.9 Å². The molecule has 0 bridgehead atoms. The van der Waals surface area contributed by atoms with Gasteiger partial charge in [0.2, 0.25) is 0 Å². The lowest BCUT2D eigenvalue weighted by molar-refractivity contribution is 0.0683. The van der Waals surface area contributed by atoms with Crippen molar-refractivity contribution in [2.75, 3.05) is 18.4 Å². The summed E-state index contributed by atoms with van der Waals surface area (Å²) in [4.78, 5) is 13.9. The highest BCUT2D eigenvalue weighted by Crippen LogP contribution is 2.30. The molecule has 0 radical (unpaired) electrons. The Morgan fingerprint density at radius 1 is 1.35 bits per heavy atom. The number of aliphatic hydroxyl groups is 1. The second-order valence-corrected chi connectivity index (χ2v) is 5.93. The fourth-order valence-corrected chi connectivity index (χ4v) is 2.95. The van der Waals surface area contributed by atoms with E-state index < -0.39 is 6.10 Å². The fourth-order valence-electron chi connectivity index (χ4n) is 2.95. The standard InChI is InChI=1S/C17H21N3O3/c1-12-11-15(19-23-12)18-17(22)20-9-7-14(8-10-20)16(21)13-5-3-2-4-6-13/h2-6,11,14,16,21H,7-10H2,1H3,(H,18,19,22). The predicted molar refractivity (Wildman–Crippen MR) is 86.0 cm³/mol. The maximum atomic E-state index is 12.2. The van der Waals surface area contributed by atoms with Gasteiger partial charge in [-0.15, -0.1) is 0 Å². The second kappa shape index (κ2) is 6.83. The molecule has 1 aromatic carbocycles. The van der Waals surface area contributed by atoms with Crippen LogP contribution in [0.25, 0.3) is 0 Å². The molecular weight excluding hydrogens is 294 g/mol. The summed E-state index contributed by atoms with van der Waals surface area (Å²) >= 11 is 0. The van der Waals surface area contributed by atoms with E-state index >= 15 is 0 Å². The first-order chi connectivity index (χ1) is 11.1. The molecule has 1 aromatic heterocycles. The molecule has 1 aliphatic heterocycles. The van der Waals surface area contributed by atoms with Gasteiger partial charge < -0.3 is 14.5 Å². The molecule has 1 aliphatic rings. The van der Waals surface area contributed by atoms with Crippen molar-refractivity contribution in [3.63, 3.8) is 0 Å². The Labute approximate surface area is 135 Å². The summed E-state index contributed by atoms with van der Waals surface area (Å²) in [6.07, 6.45) is 1.09. The molecule has 0 aliphatic carbocycles. The zero-order chi connectivity index (χ0) is 16.2. The van der Waals surface area contributed by atoms with Gasteiger partial charge >= 0.3 is 6.03 Å². The largest absolute Gasteiger partial charge is 0.388 e. The third-order valence-electron chi connectivity index (χ3n) is 4.28. The second-order valence-electron chi connectivity index (χ2n) is 5.93. The molecule has 1 saturated heterocycles. The number of nitrogens with zero attached hydrogens (tertiary/aromatic N) is 2. The Bertz CT molecular complexity index is 648. The minimum atomic E-state index is -0.473. The Hall–Kier alpha value is -2.34. The van der Waals surface area contributed by atoms with Gasteiger partial charge in [0, 0.05) is 19.2 Å². The zero-order valence-corrected chi connectivity index (χ0v) is 13.1. The van der Waals surface area contributed by atoms with E-state index in [1.54, 1.807) is 17.9 Å². The van der Waals surface area contributed by atoms with E-state index in [0.29, 0.717) is 24.7 Å². The molecule has 2 aromatic rings. The Kier molecular flexibility index (Phi) is 4.62. The predicted octanol–water partition coefficient (Wildman–Crippen LogP) is 2.96. The minimum absolute atomic E-state index is 0.175. The molecule has 0 saturated carbocycles. The third-order valence-corrected chi connectivity index (χ3v) is 4.28. The number of urea groups is 1. The van der Waals surface area contributed by atoms with E-state index in [0.717, 1.165) is 18.4 Å². The maximum absolute atomic E-state index is 12.2. The highest BCUT2D eigenvalue weighted by Gasteiger charge is 2.28. The van der Waals surface area contributed by atoms with Crippen molar-refractivity contribution in [1.82, 2.24) is 10.1 Å². The first-order valence-corrected chi connectivity index (χ1v) is 7.86. The molecule has 23 heavy (non-hydrogen) atoms. The smallest absolute Gasteiger partial charge is 0.323 e. The number of anilines is 1. The van der Waals surface area contributed by atoms with Crippen molar-refractivity contribution < 1.29 is 14.4 Å². The molecule has 1 atom stereocenters. The maximum Gasteiger partial charge on any atom is 0.323 e. The van der Waals surface area contributed by atoms with Gasteiger partial charge in [-0.3, -0.25) is 5.32 Å². The number of hydrogen-bond donors (Lipinski definition) is 2. The molecule has 2 N–H and O–H groups in total. The number of carbonyl (C=O) groups is 1. The third kappa shape index (κ3) is 3.71. The summed E-state index contributed by atoms with van der Waals surface area (Å²) in [7, 11) is 0. The molecule has 122 valence electrons. The number of nitrogens with one attached hydrogen (secondary N) is 1. The first-order valence-electron chi connectivity index (χ1n) is 7.86. The number of benzene rings is 1. The quantitative estimate of drug-likeness (QED) is 0.912. The van der Waals surface area contributed by atoms with E-state index in [4.69, 9.17) is 4.52 Å². The molecule has 3 rings (SSSR count). The molecule has 1 unspecified atom stereocenters. The number of likely N-dealkylation sites (tertiary alicyclic amines) is 1. The number of amides is 2. The van der Waals surface area contributed by atoms with E-state index in [9.17, 15) is 9.90 Å². The first kappa shape index (κ1) is 15.6. The van der Waals surface area contributed by atoms with Crippen LogP contribution in [0.1, 0.15) is 30.3 Å². The molecular formula is C17H21N3O3. The van der Waals surface area contributed by atoms with Gasteiger partial charge in [0.25, 0.3) is 0 Å². The lowest BCUT2D eigenvalue weighted by atomic mass is 9.87. The number of carbonyl (C=O) groups excluding carboxylic acids is 1. The summed E-state index contributed by atoms with van der Waals surface area (Å²) in [5, 5.41) is 17.0. The summed E-state index contributed by atoms with van der Waals surface area (Å²) in [5.74, 6) is 1.26. The van der Waals surface area contributed by atoms with E-state index in [-0.39, 0.29) is 11.9 Å². The average Bonchev–Trinajstić information content (AvgIpc) is 3.00. The molecule has 1 fully saturated rings. The normalized spacial score (nSPS) is 17.0. The van der Waals surface area contributed by atoms with Crippen LogP contribution in [-0.2, 0) is 0 Å². The van der Waals surface area contributed by atoms with Gasteiger partial charge in [0.15, 0.2) is 5.82 Å². The topological polar surface area (TPSA) is 78.6 Å². The minimum Gasteiger partial charge on any atom is -0.388 e. The number of piperidine rings is 1. The van der Waals surface area contributed by atoms with Crippen molar-refractivity contribution in [3.8, 4) is 0 Å². The lowest BCUT2D eigenvalue weighted by Crippen LogP contribution is -2.42. The lowest BCUT2D eigenvalue weighted by Gasteiger charge is -2.34. The van der Waals surface area contributed by atoms with Crippen LogP contribution in [-0.4, -0.2) is 34.3 Å². The van der Waals surface area contributed by atoms with E-state index in [1.807, 2.05) is 30.3 Å². The number of hydrogen-bond acceptors (Lipinski definition) is 4. The van der Waals surface area contributed by atoms with Crippen molar-refractivity contribution in [2.45, 2.75) is 25.9 Å². The van der Waals surface area contributed by atoms with Crippen molar-refractivity contribution in [2.24, 2.45) is 5.92 Å². The van der Waals surface area contributed by atoms with Gasteiger partial charge in [-0.1, -0.05) is 35.5 Å². The van der Waals surface area contributed by atoms with Crippen molar-refractivity contribution in [3.05, 3.63) is 47.7 Å². The van der Waals surface area contributed by atoms with Crippen LogP contribution in [0.2, 0.25) is 0 Å². The summed E-state index contributed by atoms with van der Waals surface area (Å²) in [6, 6.07) is 11.2. The monoisotopic (exact) mass is 315 g/mol. The summed E-state index contributed by atoms with van der Waals surface area (Å²) in [5.41, 5.74) is 0.938. The number of aromatic nitrogens is 1. The highest BCUT2D eigenvalue weighted by atomic mass is 16.5. The van der Waals surface area contributed by atoms with E-state index in [2.05, 4.69) is 10.5 Å². The van der Waals surface area contributed by atoms with Crippen molar-refractivity contribution >= 4 is 11.8 Å². The van der Waals surface area contributed by atoms with Gasteiger partial charge in [-0.05, 0) is 31.2 Å². The van der Waals surface area contributed by atoms with Crippen LogP contribution < -0.4 is 5.32 Å². The zero-order valence-electron chi connectivity index (χ0n) is 13.1. The van der Waals surface area contributed by atoms with Crippen LogP contribution >= 0.6 is 0 Å². The van der Waals surface area contributed by atoms with Crippen LogP contribution in [0, 0.1) is 12.8 Å². The summed E-state index contributed by atoms with van der Waals surface area (Å²) < 4.78 is 4.93. The summed E-state index contributed by atoms with van der Waals surface area (Å²) in [6.45, 7) is 3.02. The number of aliphatic hydroxyl groups excluding tert-OH is 1. The van der Waals surface area contributed by atoms with Crippen LogP contribution in [0.5, 0.6) is 0 Å². The van der Waals surface area contributed by atoms with Gasteiger partial charge in [-0.2, -0.15) is 0 Å². The average molecular weight is 315 g/mol. The van der Waals surface area contributed by atoms with Crippen LogP contribution in [0.3, 0.4) is 0 Å². The van der Waals surface area contributed by atoms with Crippen LogP contribution in [0.4, 0.5) is 10.6 Å². The molecule has 6 heteroatoms. The SMILES string of the molecule is Cc1cc(NC(=O)N2CCC(C(O)c3ccccc3)CC2)no1. The van der Waals surface area contributed by atoms with Gasteiger partial charge in [0.05, 0.1) is 6.10 Å². The number of rotatable bonds is 3. The highest BCUT2D eigenvalue weighted by molar-refractivity contribution is 5.88. The molecule has 2 heterocycles.